The molecule has 1 atom stereocenters. The topological polar surface area (TPSA) is 55.8 Å². The third kappa shape index (κ3) is 6.69. The molecule has 1 saturated heterocycles. The molecule has 1 amide bonds. The summed E-state index contributed by atoms with van der Waals surface area (Å²) in [6.07, 6.45) is 1.58. The minimum atomic E-state index is -0.346. The molecule has 2 rings (SSSR count). The van der Waals surface area contributed by atoms with E-state index in [0.717, 1.165) is 32.5 Å². The van der Waals surface area contributed by atoms with Gasteiger partial charge in [0.2, 0.25) is 5.91 Å². The van der Waals surface area contributed by atoms with Crippen molar-refractivity contribution in [2.24, 2.45) is 0 Å². The van der Waals surface area contributed by atoms with Crippen molar-refractivity contribution in [1.29, 1.82) is 0 Å². The van der Waals surface area contributed by atoms with E-state index in [9.17, 15) is 9.90 Å². The number of rotatable bonds is 7. The fourth-order valence-electron chi connectivity index (χ4n) is 3.22. The predicted molar refractivity (Wildman–Crippen MR) is 92.1 cm³/mol. The van der Waals surface area contributed by atoms with Gasteiger partial charge in [-0.3, -0.25) is 9.69 Å². The van der Waals surface area contributed by atoms with E-state index >= 15 is 0 Å². The number of likely N-dealkylation sites (N-methyl/N-ethyl adjacent to an activating group) is 1. The monoisotopic (exact) mass is 319 g/mol. The summed E-state index contributed by atoms with van der Waals surface area (Å²) in [4.78, 5) is 15.5. The Kier molecular flexibility index (Phi) is 7.02. The highest BCUT2D eigenvalue weighted by Gasteiger charge is 2.21. The smallest absolute Gasteiger partial charge is 0.217 e. The number of carbonyl (C=O) groups excluding carboxylic acids is 1. The first kappa shape index (κ1) is 17.9. The summed E-state index contributed by atoms with van der Waals surface area (Å²) in [6, 6.07) is 10.6. The Bertz CT molecular complexity index is 472. The molecule has 0 aliphatic carbocycles. The number of likely N-dealkylation sites (tertiary alicyclic amines) is 1. The van der Waals surface area contributed by atoms with Gasteiger partial charge in [-0.05, 0) is 25.5 Å². The van der Waals surface area contributed by atoms with Crippen molar-refractivity contribution in [3.63, 3.8) is 0 Å². The van der Waals surface area contributed by atoms with Gasteiger partial charge in [0.15, 0.2) is 0 Å². The van der Waals surface area contributed by atoms with Crippen LogP contribution in [0, 0.1) is 0 Å². The molecule has 0 aromatic heterocycles. The molecule has 5 heteroatoms. The number of piperidine rings is 1. The number of nitrogens with one attached hydrogen (secondary N) is 1. The van der Waals surface area contributed by atoms with Crippen molar-refractivity contribution in [2.45, 2.75) is 38.5 Å². The number of hydrogen-bond donors (Lipinski definition) is 2. The van der Waals surface area contributed by atoms with E-state index < -0.39 is 0 Å². The van der Waals surface area contributed by atoms with E-state index in [-0.39, 0.29) is 12.0 Å². The van der Waals surface area contributed by atoms with Gasteiger partial charge in [-0.25, -0.2) is 0 Å². The number of amides is 1. The predicted octanol–water partition coefficient (Wildman–Crippen LogP) is 1.08. The van der Waals surface area contributed by atoms with Gasteiger partial charge < -0.3 is 15.3 Å². The molecule has 1 aromatic carbocycles. The molecule has 23 heavy (non-hydrogen) atoms. The lowest BCUT2D eigenvalue weighted by atomic mass is 10.0. The minimum Gasteiger partial charge on any atom is -0.390 e. The number of aliphatic hydroxyl groups is 1. The Balaban J connectivity index is 1.67. The Hall–Kier alpha value is -1.43. The van der Waals surface area contributed by atoms with Gasteiger partial charge in [0.1, 0.15) is 0 Å². The van der Waals surface area contributed by atoms with Gasteiger partial charge in [0.25, 0.3) is 0 Å². The number of aliphatic hydroxyl groups excluding tert-OH is 1. The first-order chi connectivity index (χ1) is 11.0. The molecule has 0 saturated carbocycles. The molecule has 1 heterocycles. The minimum absolute atomic E-state index is 0.0472. The molecule has 1 aliphatic heterocycles. The van der Waals surface area contributed by atoms with Crippen LogP contribution in [0.15, 0.2) is 30.3 Å². The summed E-state index contributed by atoms with van der Waals surface area (Å²) < 4.78 is 0. The van der Waals surface area contributed by atoms with Crippen LogP contribution in [0.25, 0.3) is 0 Å². The summed E-state index contributed by atoms with van der Waals surface area (Å²) in [5, 5.41) is 13.3. The lowest BCUT2D eigenvalue weighted by Crippen LogP contribution is -2.47. The summed E-state index contributed by atoms with van der Waals surface area (Å²) in [5.74, 6) is 0.0472. The standard InChI is InChI=1S/C18H29N3O2/c1-15(22)19-17-8-10-21(11-9-17)14-18(23)13-20(2)12-16-6-4-3-5-7-16/h3-7,17-18,23H,8-14H2,1-2H3,(H,19,22). The maximum atomic E-state index is 11.1. The van der Waals surface area contributed by atoms with Gasteiger partial charge in [-0.2, -0.15) is 0 Å². The lowest BCUT2D eigenvalue weighted by molar-refractivity contribution is -0.120. The van der Waals surface area contributed by atoms with E-state index in [1.54, 1.807) is 6.92 Å². The van der Waals surface area contributed by atoms with E-state index in [0.29, 0.717) is 19.1 Å². The quantitative estimate of drug-likeness (QED) is 0.790. The van der Waals surface area contributed by atoms with Crippen molar-refractivity contribution < 1.29 is 9.90 Å². The van der Waals surface area contributed by atoms with Gasteiger partial charge >= 0.3 is 0 Å². The van der Waals surface area contributed by atoms with Crippen LogP contribution in [0.3, 0.4) is 0 Å². The molecule has 0 bridgehead atoms. The molecular weight excluding hydrogens is 290 g/mol. The number of nitrogens with zero attached hydrogens (tertiary/aromatic N) is 2. The average molecular weight is 319 g/mol. The third-order valence-electron chi connectivity index (χ3n) is 4.28. The van der Waals surface area contributed by atoms with E-state index in [2.05, 4.69) is 27.2 Å². The van der Waals surface area contributed by atoms with Gasteiger partial charge in [-0.15, -0.1) is 0 Å². The molecule has 1 fully saturated rings. The molecule has 0 spiro atoms. The molecule has 1 aliphatic rings. The molecule has 5 nitrogen and oxygen atoms in total. The molecule has 0 radical (unpaired) electrons. The van der Waals surface area contributed by atoms with Gasteiger partial charge in [-0.1, -0.05) is 30.3 Å². The van der Waals surface area contributed by atoms with Crippen LogP contribution < -0.4 is 5.32 Å². The number of carbonyl (C=O) groups is 1. The van der Waals surface area contributed by atoms with Crippen LogP contribution in [-0.2, 0) is 11.3 Å². The molecule has 1 aromatic rings. The zero-order valence-corrected chi connectivity index (χ0v) is 14.2. The molecule has 1 unspecified atom stereocenters. The third-order valence-corrected chi connectivity index (χ3v) is 4.28. The maximum Gasteiger partial charge on any atom is 0.217 e. The fraction of sp³-hybridized carbons (Fsp3) is 0.611. The van der Waals surface area contributed by atoms with Crippen LogP contribution in [0.1, 0.15) is 25.3 Å². The highest BCUT2D eigenvalue weighted by atomic mass is 16.3. The van der Waals surface area contributed by atoms with Crippen LogP contribution >= 0.6 is 0 Å². The second-order valence-electron chi connectivity index (χ2n) is 6.61. The molecular formula is C18H29N3O2. The summed E-state index contributed by atoms with van der Waals surface area (Å²) >= 11 is 0. The number of hydrogen-bond acceptors (Lipinski definition) is 4. The van der Waals surface area contributed by atoms with E-state index in [1.165, 1.54) is 5.56 Å². The summed E-state index contributed by atoms with van der Waals surface area (Å²) in [6.45, 7) is 5.66. The van der Waals surface area contributed by atoms with Crippen molar-refractivity contribution >= 4 is 5.91 Å². The van der Waals surface area contributed by atoms with Crippen molar-refractivity contribution in [3.8, 4) is 0 Å². The Morgan fingerprint density at radius 3 is 2.61 bits per heavy atom. The zero-order valence-electron chi connectivity index (χ0n) is 14.2. The molecule has 2 N–H and O–H groups in total. The Morgan fingerprint density at radius 1 is 1.35 bits per heavy atom. The van der Waals surface area contributed by atoms with Crippen molar-refractivity contribution in [2.75, 3.05) is 33.2 Å². The first-order valence-electron chi connectivity index (χ1n) is 8.43. The normalized spacial score (nSPS) is 18.1. The summed E-state index contributed by atoms with van der Waals surface area (Å²) in [7, 11) is 2.04. The first-order valence-corrected chi connectivity index (χ1v) is 8.43. The maximum absolute atomic E-state index is 11.1. The summed E-state index contributed by atoms with van der Waals surface area (Å²) in [5.41, 5.74) is 1.26. The second-order valence-corrected chi connectivity index (χ2v) is 6.61. The SMILES string of the molecule is CC(=O)NC1CCN(CC(O)CN(C)Cc2ccccc2)CC1. The van der Waals surface area contributed by atoms with Gasteiger partial charge in [0, 0.05) is 45.7 Å². The fourth-order valence-corrected chi connectivity index (χ4v) is 3.22. The van der Waals surface area contributed by atoms with Crippen LogP contribution in [0.4, 0.5) is 0 Å². The van der Waals surface area contributed by atoms with Crippen molar-refractivity contribution in [3.05, 3.63) is 35.9 Å². The lowest BCUT2D eigenvalue weighted by Gasteiger charge is -2.34. The average Bonchev–Trinajstić information content (AvgIpc) is 2.49. The van der Waals surface area contributed by atoms with Gasteiger partial charge in [0.05, 0.1) is 6.10 Å². The van der Waals surface area contributed by atoms with Crippen LogP contribution in [0.5, 0.6) is 0 Å². The number of benzene rings is 1. The van der Waals surface area contributed by atoms with E-state index in [1.807, 2.05) is 25.2 Å². The van der Waals surface area contributed by atoms with E-state index in [4.69, 9.17) is 0 Å². The second kappa shape index (κ2) is 9.01. The highest BCUT2D eigenvalue weighted by molar-refractivity contribution is 5.73. The Morgan fingerprint density at radius 2 is 2.00 bits per heavy atom. The van der Waals surface area contributed by atoms with Crippen LogP contribution in [0.2, 0.25) is 0 Å². The number of β-amino-alcohol motifs (C(OH)–C–C–N with tert-alkyl or cyclic N) is 1. The highest BCUT2D eigenvalue weighted by Crippen LogP contribution is 2.11. The largest absolute Gasteiger partial charge is 0.390 e. The molecule has 128 valence electrons. The Labute approximate surface area is 139 Å². The zero-order chi connectivity index (χ0) is 16.7. The van der Waals surface area contributed by atoms with Crippen molar-refractivity contribution in [1.82, 2.24) is 15.1 Å². The van der Waals surface area contributed by atoms with Crippen LogP contribution in [-0.4, -0.2) is 66.2 Å².